The maximum atomic E-state index is 11.7. The minimum absolute atomic E-state index is 0.0165. The van der Waals surface area contributed by atoms with Crippen LogP contribution in [0, 0.1) is 0 Å². The molecule has 0 atom stereocenters. The summed E-state index contributed by atoms with van der Waals surface area (Å²) in [4.78, 5) is 11.7. The number of anilines is 1. The standard InChI is InChI=1S/C12H21N3O/c1-3-5-6-8-15-12(16)9-11(10-14-15)13-7-4-2/h9-10,13H,3-8H2,1-2H3. The van der Waals surface area contributed by atoms with Gasteiger partial charge in [0, 0.05) is 19.2 Å². The van der Waals surface area contributed by atoms with Gasteiger partial charge in [0.1, 0.15) is 0 Å². The highest BCUT2D eigenvalue weighted by Gasteiger charge is 1.99. The first-order chi connectivity index (χ1) is 7.77. The number of hydrogen-bond acceptors (Lipinski definition) is 3. The van der Waals surface area contributed by atoms with Crippen LogP contribution in [0.25, 0.3) is 0 Å². The fourth-order valence-electron chi connectivity index (χ4n) is 1.48. The summed E-state index contributed by atoms with van der Waals surface area (Å²) in [5, 5.41) is 7.30. The number of hydrogen-bond donors (Lipinski definition) is 1. The van der Waals surface area contributed by atoms with Gasteiger partial charge >= 0.3 is 0 Å². The minimum Gasteiger partial charge on any atom is -0.384 e. The van der Waals surface area contributed by atoms with E-state index in [0.29, 0.717) is 0 Å². The highest BCUT2D eigenvalue weighted by molar-refractivity contribution is 5.38. The van der Waals surface area contributed by atoms with Crippen molar-refractivity contribution in [2.24, 2.45) is 0 Å². The molecule has 4 heteroatoms. The van der Waals surface area contributed by atoms with Crippen LogP contribution in [-0.4, -0.2) is 16.3 Å². The third-order valence-corrected chi connectivity index (χ3v) is 2.42. The Morgan fingerprint density at radius 1 is 1.31 bits per heavy atom. The van der Waals surface area contributed by atoms with Crippen LogP contribution in [0.5, 0.6) is 0 Å². The second-order valence-electron chi connectivity index (χ2n) is 3.94. The average molecular weight is 223 g/mol. The molecule has 0 saturated carbocycles. The molecule has 1 N–H and O–H groups in total. The van der Waals surface area contributed by atoms with Gasteiger partial charge in [-0.3, -0.25) is 4.79 Å². The van der Waals surface area contributed by atoms with Crippen LogP contribution in [0.2, 0.25) is 0 Å². The van der Waals surface area contributed by atoms with Crippen LogP contribution in [0.1, 0.15) is 39.5 Å². The van der Waals surface area contributed by atoms with E-state index in [2.05, 4.69) is 24.3 Å². The van der Waals surface area contributed by atoms with E-state index >= 15 is 0 Å². The van der Waals surface area contributed by atoms with E-state index in [0.717, 1.165) is 44.5 Å². The monoisotopic (exact) mass is 223 g/mol. The summed E-state index contributed by atoms with van der Waals surface area (Å²) in [6.45, 7) is 5.84. The number of unbranched alkanes of at least 4 members (excludes halogenated alkanes) is 2. The van der Waals surface area contributed by atoms with Crippen molar-refractivity contribution in [3.05, 3.63) is 22.6 Å². The lowest BCUT2D eigenvalue weighted by atomic mass is 10.2. The van der Waals surface area contributed by atoms with Crippen molar-refractivity contribution in [2.75, 3.05) is 11.9 Å². The van der Waals surface area contributed by atoms with E-state index in [-0.39, 0.29) is 5.56 Å². The Labute approximate surface area is 96.7 Å². The quantitative estimate of drug-likeness (QED) is 0.721. The molecule has 0 spiro atoms. The smallest absolute Gasteiger partial charge is 0.268 e. The molecule has 0 aromatic carbocycles. The van der Waals surface area contributed by atoms with Gasteiger partial charge in [0.2, 0.25) is 0 Å². The fourth-order valence-corrected chi connectivity index (χ4v) is 1.48. The average Bonchev–Trinajstić information content (AvgIpc) is 2.29. The van der Waals surface area contributed by atoms with E-state index in [1.807, 2.05) is 0 Å². The van der Waals surface area contributed by atoms with Crippen LogP contribution in [0.15, 0.2) is 17.1 Å². The van der Waals surface area contributed by atoms with E-state index in [9.17, 15) is 4.79 Å². The number of aryl methyl sites for hydroxylation is 1. The predicted octanol–water partition coefficient (Wildman–Crippen LogP) is 2.26. The molecule has 0 aliphatic heterocycles. The summed E-state index contributed by atoms with van der Waals surface area (Å²) < 4.78 is 1.53. The lowest BCUT2D eigenvalue weighted by Gasteiger charge is -2.06. The van der Waals surface area contributed by atoms with Crippen LogP contribution >= 0.6 is 0 Å². The molecule has 0 amide bonds. The second-order valence-corrected chi connectivity index (χ2v) is 3.94. The van der Waals surface area contributed by atoms with E-state index in [1.165, 1.54) is 4.68 Å². The van der Waals surface area contributed by atoms with Crippen LogP contribution < -0.4 is 10.9 Å². The van der Waals surface area contributed by atoms with Gasteiger partial charge in [-0.1, -0.05) is 26.7 Å². The number of nitrogens with zero attached hydrogens (tertiary/aromatic N) is 2. The molecular weight excluding hydrogens is 202 g/mol. The van der Waals surface area contributed by atoms with Gasteiger partial charge in [-0.05, 0) is 12.8 Å². The normalized spacial score (nSPS) is 10.4. The van der Waals surface area contributed by atoms with Crippen molar-refractivity contribution >= 4 is 5.69 Å². The van der Waals surface area contributed by atoms with Crippen molar-refractivity contribution in [3.8, 4) is 0 Å². The van der Waals surface area contributed by atoms with Crippen LogP contribution in [0.4, 0.5) is 5.69 Å². The maximum Gasteiger partial charge on any atom is 0.268 e. The molecule has 16 heavy (non-hydrogen) atoms. The molecule has 0 aliphatic rings. The Bertz CT molecular complexity index is 360. The van der Waals surface area contributed by atoms with Gasteiger partial charge in [-0.2, -0.15) is 5.10 Å². The van der Waals surface area contributed by atoms with Crippen LogP contribution in [0.3, 0.4) is 0 Å². The number of aromatic nitrogens is 2. The molecule has 4 nitrogen and oxygen atoms in total. The molecule has 1 heterocycles. The van der Waals surface area contributed by atoms with Crippen molar-refractivity contribution in [2.45, 2.75) is 46.1 Å². The zero-order chi connectivity index (χ0) is 11.8. The van der Waals surface area contributed by atoms with E-state index in [1.54, 1.807) is 12.3 Å². The highest BCUT2D eigenvalue weighted by Crippen LogP contribution is 2.00. The fraction of sp³-hybridized carbons (Fsp3) is 0.667. The lowest BCUT2D eigenvalue weighted by Crippen LogP contribution is -2.22. The third kappa shape index (κ3) is 4.04. The maximum absolute atomic E-state index is 11.7. The van der Waals surface area contributed by atoms with Crippen molar-refractivity contribution in [1.82, 2.24) is 9.78 Å². The molecule has 1 rings (SSSR count). The molecule has 1 aromatic heterocycles. The first-order valence-electron chi connectivity index (χ1n) is 6.09. The Kier molecular flexibility index (Phi) is 5.61. The highest BCUT2D eigenvalue weighted by atomic mass is 16.1. The van der Waals surface area contributed by atoms with Crippen LogP contribution in [-0.2, 0) is 6.54 Å². The molecule has 0 unspecified atom stereocenters. The van der Waals surface area contributed by atoms with E-state index in [4.69, 9.17) is 0 Å². The summed E-state index contributed by atoms with van der Waals surface area (Å²) in [6.07, 6.45) is 6.09. The summed E-state index contributed by atoms with van der Waals surface area (Å²) in [7, 11) is 0. The van der Waals surface area contributed by atoms with Crippen molar-refractivity contribution in [3.63, 3.8) is 0 Å². The van der Waals surface area contributed by atoms with Crippen molar-refractivity contribution < 1.29 is 0 Å². The van der Waals surface area contributed by atoms with Gasteiger partial charge in [0.25, 0.3) is 5.56 Å². The molecule has 0 radical (unpaired) electrons. The summed E-state index contributed by atoms with van der Waals surface area (Å²) in [5.74, 6) is 0. The van der Waals surface area contributed by atoms with E-state index < -0.39 is 0 Å². The van der Waals surface area contributed by atoms with Crippen molar-refractivity contribution in [1.29, 1.82) is 0 Å². The first-order valence-corrected chi connectivity index (χ1v) is 6.09. The summed E-state index contributed by atoms with van der Waals surface area (Å²) in [6, 6.07) is 1.62. The first kappa shape index (κ1) is 12.7. The second kappa shape index (κ2) is 7.04. The Morgan fingerprint density at radius 2 is 2.12 bits per heavy atom. The van der Waals surface area contributed by atoms with Gasteiger partial charge in [-0.15, -0.1) is 0 Å². The number of rotatable bonds is 7. The lowest BCUT2D eigenvalue weighted by molar-refractivity contribution is 0.528. The number of nitrogens with one attached hydrogen (secondary N) is 1. The Morgan fingerprint density at radius 3 is 2.75 bits per heavy atom. The molecule has 0 saturated heterocycles. The topological polar surface area (TPSA) is 46.9 Å². The molecule has 0 aliphatic carbocycles. The van der Waals surface area contributed by atoms with Gasteiger partial charge in [0.15, 0.2) is 0 Å². The third-order valence-electron chi connectivity index (χ3n) is 2.42. The summed E-state index contributed by atoms with van der Waals surface area (Å²) in [5.41, 5.74) is 0.802. The zero-order valence-electron chi connectivity index (χ0n) is 10.2. The summed E-state index contributed by atoms with van der Waals surface area (Å²) >= 11 is 0. The Hall–Kier alpha value is -1.32. The van der Waals surface area contributed by atoms with Gasteiger partial charge in [-0.25, -0.2) is 4.68 Å². The molecule has 0 fully saturated rings. The predicted molar refractivity (Wildman–Crippen MR) is 66.8 cm³/mol. The molecular formula is C12H21N3O. The van der Waals surface area contributed by atoms with Gasteiger partial charge in [0.05, 0.1) is 11.9 Å². The molecule has 0 bridgehead atoms. The molecule has 1 aromatic rings. The van der Waals surface area contributed by atoms with Gasteiger partial charge < -0.3 is 5.32 Å². The minimum atomic E-state index is -0.0165. The largest absolute Gasteiger partial charge is 0.384 e. The SMILES string of the molecule is CCCCCn1ncc(NCCC)cc1=O. The zero-order valence-corrected chi connectivity index (χ0v) is 10.2. The Balaban J connectivity index is 2.57. The molecule has 90 valence electrons.